The van der Waals surface area contributed by atoms with Crippen LogP contribution in [0.25, 0.3) is 0 Å². The summed E-state index contributed by atoms with van der Waals surface area (Å²) in [4.78, 5) is 0. The molecule has 0 aliphatic heterocycles. The Kier molecular flexibility index (Phi) is 4.31. The Bertz CT molecular complexity index is 367. The first-order valence-electron chi connectivity index (χ1n) is 4.69. The fourth-order valence-electron chi connectivity index (χ4n) is 1.66. The molecule has 0 saturated heterocycles. The highest BCUT2D eigenvalue weighted by Gasteiger charge is 2.20. The first-order valence-corrected chi connectivity index (χ1v) is 4.69. The van der Waals surface area contributed by atoms with Crippen LogP contribution >= 0.6 is 12.4 Å². The van der Waals surface area contributed by atoms with Gasteiger partial charge in [-0.1, -0.05) is 6.07 Å². The molecule has 0 heterocycles. The predicted molar refractivity (Wildman–Crippen MR) is 66.9 cm³/mol. The van der Waals surface area contributed by atoms with E-state index in [1.165, 1.54) is 16.7 Å². The van der Waals surface area contributed by atoms with Gasteiger partial charge in [0.05, 0.1) is 0 Å². The van der Waals surface area contributed by atoms with Gasteiger partial charge in [-0.3, -0.25) is 17.2 Å². The van der Waals surface area contributed by atoms with Gasteiger partial charge < -0.3 is 0 Å². The summed E-state index contributed by atoms with van der Waals surface area (Å²) in [6, 6.07) is 1.97. The quantitative estimate of drug-likeness (QED) is 0.636. The molecule has 1 aromatic rings. The first kappa shape index (κ1) is 14.4. The SMILES string of the molecule is Cc1cc(C(N)(N)N)c(C)c(C)c1C.Cl. The molecule has 0 aliphatic carbocycles. The van der Waals surface area contributed by atoms with E-state index >= 15 is 0 Å². The fraction of sp³-hybridized carbons (Fsp3) is 0.455. The lowest BCUT2D eigenvalue weighted by Crippen LogP contribution is -2.55. The average Bonchev–Trinajstić information content (AvgIpc) is 2.06. The van der Waals surface area contributed by atoms with Gasteiger partial charge in [-0.15, -0.1) is 12.4 Å². The van der Waals surface area contributed by atoms with E-state index in [-0.39, 0.29) is 12.4 Å². The summed E-state index contributed by atoms with van der Waals surface area (Å²) in [5.74, 6) is -1.24. The highest BCUT2D eigenvalue weighted by atomic mass is 35.5. The highest BCUT2D eigenvalue weighted by molar-refractivity contribution is 5.85. The van der Waals surface area contributed by atoms with Crippen molar-refractivity contribution >= 4 is 12.4 Å². The summed E-state index contributed by atoms with van der Waals surface area (Å²) in [6.07, 6.45) is 0. The van der Waals surface area contributed by atoms with E-state index in [0.717, 1.165) is 11.1 Å². The number of hydrogen-bond donors (Lipinski definition) is 3. The van der Waals surface area contributed by atoms with Gasteiger partial charge in [-0.25, -0.2) is 0 Å². The van der Waals surface area contributed by atoms with E-state index in [1.807, 2.05) is 19.9 Å². The van der Waals surface area contributed by atoms with Crippen LogP contribution in [0.1, 0.15) is 27.8 Å². The molecule has 4 heteroatoms. The van der Waals surface area contributed by atoms with Crippen molar-refractivity contribution in [2.24, 2.45) is 17.2 Å². The van der Waals surface area contributed by atoms with Crippen molar-refractivity contribution in [2.75, 3.05) is 0 Å². The second-order valence-corrected chi connectivity index (χ2v) is 4.05. The lowest BCUT2D eigenvalue weighted by Gasteiger charge is -2.24. The van der Waals surface area contributed by atoms with Gasteiger partial charge in [-0.05, 0) is 49.9 Å². The van der Waals surface area contributed by atoms with Gasteiger partial charge >= 0.3 is 0 Å². The molecule has 0 aromatic heterocycles. The predicted octanol–water partition coefficient (Wildman–Crippen LogP) is 1.33. The molecule has 0 fully saturated rings. The molecule has 0 spiro atoms. The van der Waals surface area contributed by atoms with Gasteiger partial charge in [0.15, 0.2) is 0 Å². The summed E-state index contributed by atoms with van der Waals surface area (Å²) in [5, 5.41) is 0. The van der Waals surface area contributed by atoms with Crippen LogP contribution in [0.15, 0.2) is 6.07 Å². The van der Waals surface area contributed by atoms with Gasteiger partial charge in [0.25, 0.3) is 0 Å². The molecule has 86 valence electrons. The minimum Gasteiger partial charge on any atom is -0.297 e. The van der Waals surface area contributed by atoms with E-state index in [9.17, 15) is 0 Å². The number of aryl methyl sites for hydroxylation is 1. The third kappa shape index (κ3) is 2.69. The second-order valence-electron chi connectivity index (χ2n) is 4.05. The maximum atomic E-state index is 5.70. The summed E-state index contributed by atoms with van der Waals surface area (Å²) < 4.78 is 0. The monoisotopic (exact) mass is 229 g/mol. The van der Waals surface area contributed by atoms with Crippen LogP contribution in [-0.2, 0) is 5.79 Å². The van der Waals surface area contributed by atoms with Crippen molar-refractivity contribution in [3.8, 4) is 0 Å². The number of rotatable bonds is 1. The Hall–Kier alpha value is -0.610. The van der Waals surface area contributed by atoms with Crippen molar-refractivity contribution in [2.45, 2.75) is 33.5 Å². The molecule has 1 rings (SSSR count). The Morgan fingerprint density at radius 2 is 1.33 bits per heavy atom. The molecule has 6 N–H and O–H groups in total. The van der Waals surface area contributed by atoms with Gasteiger partial charge in [-0.2, -0.15) is 0 Å². The largest absolute Gasteiger partial charge is 0.297 e. The lowest BCUT2D eigenvalue weighted by atomic mass is 9.92. The normalized spacial score (nSPS) is 11.1. The Morgan fingerprint density at radius 1 is 0.867 bits per heavy atom. The van der Waals surface area contributed by atoms with Crippen LogP contribution in [-0.4, -0.2) is 0 Å². The van der Waals surface area contributed by atoms with Crippen LogP contribution in [0, 0.1) is 27.7 Å². The number of hydrogen-bond acceptors (Lipinski definition) is 3. The number of nitrogens with two attached hydrogens (primary N) is 3. The van der Waals surface area contributed by atoms with Crippen molar-refractivity contribution in [1.82, 2.24) is 0 Å². The number of benzene rings is 1. The van der Waals surface area contributed by atoms with Gasteiger partial charge in [0.2, 0.25) is 0 Å². The van der Waals surface area contributed by atoms with Crippen LogP contribution in [0.4, 0.5) is 0 Å². The minimum absolute atomic E-state index is 0. The third-order valence-corrected chi connectivity index (χ3v) is 2.95. The van der Waals surface area contributed by atoms with Crippen LogP contribution in [0.2, 0.25) is 0 Å². The zero-order chi connectivity index (χ0) is 11.1. The molecular formula is C11H20ClN3. The first-order chi connectivity index (χ1) is 6.25. The number of halogens is 1. The molecule has 1 aromatic carbocycles. The van der Waals surface area contributed by atoms with E-state index in [4.69, 9.17) is 17.2 Å². The van der Waals surface area contributed by atoms with Gasteiger partial charge in [0, 0.05) is 5.56 Å². The van der Waals surface area contributed by atoms with E-state index in [0.29, 0.717) is 0 Å². The molecule has 0 aliphatic rings. The molecule has 0 bridgehead atoms. The van der Waals surface area contributed by atoms with Crippen LogP contribution < -0.4 is 17.2 Å². The molecule has 15 heavy (non-hydrogen) atoms. The van der Waals surface area contributed by atoms with Crippen molar-refractivity contribution in [3.63, 3.8) is 0 Å². The van der Waals surface area contributed by atoms with Crippen LogP contribution in [0.5, 0.6) is 0 Å². The third-order valence-electron chi connectivity index (χ3n) is 2.95. The zero-order valence-electron chi connectivity index (χ0n) is 9.72. The lowest BCUT2D eigenvalue weighted by molar-refractivity contribution is 0.484. The maximum Gasteiger partial charge on any atom is 0.143 e. The standard InChI is InChI=1S/C11H19N3.ClH/c1-6-5-10(11(12,13)14)9(4)8(3)7(6)2;/h5H,12-14H2,1-4H3;1H. The summed E-state index contributed by atoms with van der Waals surface area (Å²) in [7, 11) is 0. The Balaban J connectivity index is 0.00000196. The summed E-state index contributed by atoms with van der Waals surface area (Å²) >= 11 is 0. The molecule has 0 atom stereocenters. The average molecular weight is 230 g/mol. The fourth-order valence-corrected chi connectivity index (χ4v) is 1.66. The Labute approximate surface area is 97.4 Å². The summed E-state index contributed by atoms with van der Waals surface area (Å²) in [6.45, 7) is 8.19. The van der Waals surface area contributed by atoms with Crippen molar-refractivity contribution < 1.29 is 0 Å². The molecule has 0 radical (unpaired) electrons. The van der Waals surface area contributed by atoms with E-state index in [2.05, 4.69) is 13.8 Å². The van der Waals surface area contributed by atoms with Gasteiger partial charge in [0.1, 0.15) is 5.79 Å². The smallest absolute Gasteiger partial charge is 0.143 e. The van der Waals surface area contributed by atoms with Crippen molar-refractivity contribution in [3.05, 3.63) is 33.9 Å². The molecule has 0 amide bonds. The van der Waals surface area contributed by atoms with Crippen molar-refractivity contribution in [1.29, 1.82) is 0 Å². The molecule has 0 unspecified atom stereocenters. The molecule has 3 nitrogen and oxygen atoms in total. The molecule has 0 saturated carbocycles. The van der Waals surface area contributed by atoms with E-state index in [1.54, 1.807) is 0 Å². The maximum absolute atomic E-state index is 5.70. The Morgan fingerprint density at radius 3 is 1.73 bits per heavy atom. The zero-order valence-corrected chi connectivity index (χ0v) is 10.5. The highest BCUT2D eigenvalue weighted by Crippen LogP contribution is 2.23. The van der Waals surface area contributed by atoms with Crippen LogP contribution in [0.3, 0.4) is 0 Å². The van der Waals surface area contributed by atoms with E-state index < -0.39 is 5.79 Å². The second kappa shape index (κ2) is 4.49. The minimum atomic E-state index is -1.24. The summed E-state index contributed by atoms with van der Waals surface area (Å²) in [5.41, 5.74) is 22.7. The molecular weight excluding hydrogens is 210 g/mol. The topological polar surface area (TPSA) is 78.1 Å².